The monoisotopic (exact) mass is 437 g/mol. The molecule has 0 aliphatic carbocycles. The molecule has 1 atom stereocenters. The lowest BCUT2D eigenvalue weighted by Crippen LogP contribution is -2.28. The molecule has 2 aromatic carbocycles. The zero-order valence-electron chi connectivity index (χ0n) is 18.5. The summed E-state index contributed by atoms with van der Waals surface area (Å²) in [5.74, 6) is 0.838. The maximum absolute atomic E-state index is 13.7. The van der Waals surface area contributed by atoms with E-state index in [0.29, 0.717) is 29.5 Å². The third kappa shape index (κ3) is 5.94. The van der Waals surface area contributed by atoms with Gasteiger partial charge in [-0.1, -0.05) is 31.5 Å². The van der Waals surface area contributed by atoms with Crippen LogP contribution in [0.4, 0.5) is 20.7 Å². The molecule has 2 amide bonds. The second-order valence-corrected chi connectivity index (χ2v) is 7.23. The molecule has 0 aliphatic rings. The number of carbonyl (C=O) groups is 1. The predicted octanol–water partition coefficient (Wildman–Crippen LogP) is 5.39. The number of urea groups is 1. The number of ether oxygens (including phenoxy) is 1. The first-order chi connectivity index (χ1) is 15.5. The van der Waals surface area contributed by atoms with Crippen LogP contribution in [0.5, 0.6) is 5.75 Å². The van der Waals surface area contributed by atoms with Gasteiger partial charge in [0, 0.05) is 12.1 Å². The number of methoxy groups -OCH3 is 1. The number of carbonyl (C=O) groups excluding carboxylic acids is 1. The quantitative estimate of drug-likeness (QED) is 0.418. The van der Waals surface area contributed by atoms with Gasteiger partial charge in [0.1, 0.15) is 17.4 Å². The number of halogens is 1. The molecule has 3 aromatic rings. The lowest BCUT2D eigenvalue weighted by atomic mass is 10.0. The number of hydrogen-bond donors (Lipinski definition) is 3. The van der Waals surface area contributed by atoms with Crippen LogP contribution < -0.4 is 20.7 Å². The summed E-state index contributed by atoms with van der Waals surface area (Å²) in [5.41, 5.74) is 2.85. The summed E-state index contributed by atoms with van der Waals surface area (Å²) >= 11 is 0. The van der Waals surface area contributed by atoms with E-state index in [9.17, 15) is 9.18 Å². The molecule has 32 heavy (non-hydrogen) atoms. The van der Waals surface area contributed by atoms with E-state index in [1.165, 1.54) is 12.1 Å². The molecule has 0 fully saturated rings. The maximum Gasteiger partial charge on any atom is 0.319 e. The number of benzene rings is 2. The molecule has 8 heteroatoms. The molecule has 1 unspecified atom stereocenters. The Kier molecular flexibility index (Phi) is 7.96. The second-order valence-electron chi connectivity index (χ2n) is 7.23. The van der Waals surface area contributed by atoms with Crippen molar-refractivity contribution in [2.45, 2.75) is 32.7 Å². The predicted molar refractivity (Wildman–Crippen MR) is 124 cm³/mol. The molecule has 0 bridgehead atoms. The van der Waals surface area contributed by atoms with Crippen LogP contribution in [-0.4, -0.2) is 29.7 Å². The molecule has 0 saturated heterocycles. The lowest BCUT2D eigenvalue weighted by Gasteiger charge is -2.19. The van der Waals surface area contributed by atoms with Crippen LogP contribution in [0.25, 0.3) is 11.3 Å². The highest BCUT2D eigenvalue weighted by Crippen LogP contribution is 2.31. The molecule has 0 radical (unpaired) electrons. The number of amides is 2. The Bertz CT molecular complexity index is 1060. The molecule has 1 aromatic heterocycles. The highest BCUT2D eigenvalue weighted by Gasteiger charge is 2.14. The van der Waals surface area contributed by atoms with E-state index >= 15 is 0 Å². The van der Waals surface area contributed by atoms with Crippen LogP contribution in [-0.2, 0) is 0 Å². The van der Waals surface area contributed by atoms with Gasteiger partial charge in [0.05, 0.1) is 36.9 Å². The lowest BCUT2D eigenvalue weighted by molar-refractivity contribution is 0.252. The highest BCUT2D eigenvalue weighted by atomic mass is 19.1. The summed E-state index contributed by atoms with van der Waals surface area (Å²) < 4.78 is 19.2. The fraction of sp³-hybridized carbons (Fsp3) is 0.292. The molecule has 0 spiro atoms. The van der Waals surface area contributed by atoms with E-state index in [4.69, 9.17) is 4.74 Å². The first kappa shape index (κ1) is 23.0. The largest absolute Gasteiger partial charge is 0.495 e. The van der Waals surface area contributed by atoms with Gasteiger partial charge < -0.3 is 20.7 Å². The molecule has 3 N–H and O–H groups in total. The van der Waals surface area contributed by atoms with Gasteiger partial charge in [0.15, 0.2) is 0 Å². The fourth-order valence-corrected chi connectivity index (χ4v) is 3.37. The Morgan fingerprint density at radius 2 is 2.00 bits per heavy atom. The fourth-order valence-electron chi connectivity index (χ4n) is 3.37. The number of rotatable bonds is 9. The van der Waals surface area contributed by atoms with E-state index in [0.717, 1.165) is 24.0 Å². The van der Waals surface area contributed by atoms with Crippen molar-refractivity contribution in [1.82, 2.24) is 15.3 Å². The van der Waals surface area contributed by atoms with Crippen molar-refractivity contribution in [3.63, 3.8) is 0 Å². The van der Waals surface area contributed by atoms with Crippen molar-refractivity contribution in [3.8, 4) is 17.0 Å². The molecular weight excluding hydrogens is 409 g/mol. The first-order valence-electron chi connectivity index (χ1n) is 10.6. The number of nitrogens with zero attached hydrogens (tertiary/aromatic N) is 2. The molecule has 1 heterocycles. The van der Waals surface area contributed by atoms with Crippen LogP contribution in [0.1, 0.15) is 38.3 Å². The third-order valence-electron chi connectivity index (χ3n) is 4.87. The van der Waals surface area contributed by atoms with Crippen molar-refractivity contribution in [1.29, 1.82) is 0 Å². The molecular formula is C24H28FN5O2. The summed E-state index contributed by atoms with van der Waals surface area (Å²) in [6.07, 6.45) is 5.06. The summed E-state index contributed by atoms with van der Waals surface area (Å²) in [6, 6.07) is 11.6. The molecule has 3 rings (SSSR count). The highest BCUT2D eigenvalue weighted by molar-refractivity contribution is 5.91. The Labute approximate surface area is 187 Å². The van der Waals surface area contributed by atoms with Crippen molar-refractivity contribution >= 4 is 17.5 Å². The Balaban J connectivity index is 1.84. The van der Waals surface area contributed by atoms with Gasteiger partial charge in [-0.3, -0.25) is 4.98 Å². The first-order valence-corrected chi connectivity index (χ1v) is 10.6. The Morgan fingerprint density at radius 3 is 2.72 bits per heavy atom. The SMILES string of the molecule is CCCC(Nc1cncc(-c2ccc(NC(=O)NCC)c(OC)c2)n1)c1cccc(F)c1. The second kappa shape index (κ2) is 11.1. The van der Waals surface area contributed by atoms with Gasteiger partial charge in [-0.2, -0.15) is 0 Å². The van der Waals surface area contributed by atoms with E-state index in [1.54, 1.807) is 37.7 Å². The van der Waals surface area contributed by atoms with Crippen LogP contribution >= 0.6 is 0 Å². The summed E-state index contributed by atoms with van der Waals surface area (Å²) in [6.45, 7) is 4.45. The minimum absolute atomic E-state index is 0.0848. The molecule has 0 saturated carbocycles. The number of hydrogen-bond acceptors (Lipinski definition) is 5. The molecule has 168 valence electrons. The van der Waals surface area contributed by atoms with Gasteiger partial charge in [-0.25, -0.2) is 14.2 Å². The summed E-state index contributed by atoms with van der Waals surface area (Å²) in [4.78, 5) is 20.8. The van der Waals surface area contributed by atoms with Crippen LogP contribution in [0.15, 0.2) is 54.9 Å². The minimum atomic E-state index is -0.302. The van der Waals surface area contributed by atoms with Crippen LogP contribution in [0, 0.1) is 5.82 Å². The third-order valence-corrected chi connectivity index (χ3v) is 4.87. The average Bonchev–Trinajstić information content (AvgIpc) is 2.79. The van der Waals surface area contributed by atoms with Crippen LogP contribution in [0.3, 0.4) is 0 Å². The average molecular weight is 438 g/mol. The summed E-state index contributed by atoms with van der Waals surface area (Å²) in [7, 11) is 1.54. The van der Waals surface area contributed by atoms with Crippen molar-refractivity contribution in [2.75, 3.05) is 24.3 Å². The Hall–Kier alpha value is -3.68. The van der Waals surface area contributed by atoms with Crippen molar-refractivity contribution in [2.24, 2.45) is 0 Å². The van der Waals surface area contributed by atoms with Crippen molar-refractivity contribution < 1.29 is 13.9 Å². The molecule has 7 nitrogen and oxygen atoms in total. The smallest absolute Gasteiger partial charge is 0.319 e. The van der Waals surface area contributed by atoms with Gasteiger partial charge in [-0.05, 0) is 43.2 Å². The normalized spacial score (nSPS) is 11.5. The van der Waals surface area contributed by atoms with E-state index in [2.05, 4.69) is 32.8 Å². The Morgan fingerprint density at radius 1 is 1.16 bits per heavy atom. The van der Waals surface area contributed by atoms with Crippen LogP contribution in [0.2, 0.25) is 0 Å². The van der Waals surface area contributed by atoms with E-state index < -0.39 is 0 Å². The minimum Gasteiger partial charge on any atom is -0.495 e. The number of anilines is 2. The van der Waals surface area contributed by atoms with Crippen molar-refractivity contribution in [3.05, 3.63) is 66.2 Å². The maximum atomic E-state index is 13.7. The summed E-state index contributed by atoms with van der Waals surface area (Å²) in [5, 5.41) is 8.82. The van der Waals surface area contributed by atoms with E-state index in [-0.39, 0.29) is 17.9 Å². The van der Waals surface area contributed by atoms with Gasteiger partial charge in [-0.15, -0.1) is 0 Å². The van der Waals surface area contributed by atoms with Gasteiger partial charge >= 0.3 is 6.03 Å². The van der Waals surface area contributed by atoms with E-state index in [1.807, 2.05) is 19.1 Å². The molecule has 0 aliphatic heterocycles. The standard InChI is InChI=1S/C24H28FN5O2/c1-4-7-19(16-8-6-9-18(25)12-16)28-23-15-26-14-21(29-23)17-10-11-20(22(13-17)32-3)30-24(31)27-5-2/h6,8-15,19H,4-5,7H2,1-3H3,(H,28,29)(H2,27,30,31). The van der Waals surface area contributed by atoms with Gasteiger partial charge in [0.25, 0.3) is 0 Å². The van der Waals surface area contributed by atoms with Gasteiger partial charge in [0.2, 0.25) is 0 Å². The topological polar surface area (TPSA) is 88.2 Å². The number of aromatic nitrogens is 2. The number of nitrogens with one attached hydrogen (secondary N) is 3. The zero-order chi connectivity index (χ0) is 22.9. The zero-order valence-corrected chi connectivity index (χ0v) is 18.5.